The lowest BCUT2D eigenvalue weighted by Gasteiger charge is -2.11. The number of esters is 1. The molecule has 0 aliphatic heterocycles. The van der Waals surface area contributed by atoms with E-state index >= 15 is 0 Å². The van der Waals surface area contributed by atoms with Crippen LogP contribution in [-0.2, 0) is 21.0 Å². The third kappa shape index (κ3) is 5.30. The van der Waals surface area contributed by atoms with E-state index in [9.17, 15) is 13.2 Å². The minimum atomic E-state index is -3.03. The van der Waals surface area contributed by atoms with Crippen LogP contribution in [0.4, 0.5) is 5.69 Å². The lowest BCUT2D eigenvalue weighted by molar-refractivity contribution is 0.0379. The Hall–Kier alpha value is -1.56. The second-order valence-electron chi connectivity index (χ2n) is 4.76. The lowest BCUT2D eigenvalue weighted by Crippen LogP contribution is -2.14. The number of hydrogen-bond donors (Lipinski definition) is 1. The minimum absolute atomic E-state index is 0.0373. The summed E-state index contributed by atoms with van der Waals surface area (Å²) in [4.78, 5) is 11.8. The summed E-state index contributed by atoms with van der Waals surface area (Å²) in [5.74, 6) is -0.455. The molecule has 0 atom stereocenters. The summed E-state index contributed by atoms with van der Waals surface area (Å²) in [6.45, 7) is 3.50. The number of nitrogens with two attached hydrogens (primary N) is 1. The quantitative estimate of drug-likeness (QED) is 0.653. The highest BCUT2D eigenvalue weighted by atomic mass is 32.2. The summed E-state index contributed by atoms with van der Waals surface area (Å²) in [6.07, 6.45) is 1.30. The smallest absolute Gasteiger partial charge is 0.340 e. The van der Waals surface area contributed by atoms with Crippen LogP contribution in [0.2, 0.25) is 0 Å². The first-order valence-electron chi connectivity index (χ1n) is 5.96. The summed E-state index contributed by atoms with van der Waals surface area (Å²) in [5, 5.41) is 0. The molecule has 106 valence electrons. The lowest BCUT2D eigenvalue weighted by atomic mass is 10.1. The van der Waals surface area contributed by atoms with Gasteiger partial charge in [-0.3, -0.25) is 0 Å². The van der Waals surface area contributed by atoms with Gasteiger partial charge >= 0.3 is 5.97 Å². The van der Waals surface area contributed by atoms with Crippen molar-refractivity contribution in [2.75, 3.05) is 17.7 Å². The summed E-state index contributed by atoms with van der Waals surface area (Å²) < 4.78 is 27.3. The Balaban J connectivity index is 2.91. The first-order valence-corrected chi connectivity index (χ1v) is 8.02. The normalized spacial score (nSPS) is 11.6. The predicted molar refractivity (Wildman–Crippen MR) is 74.8 cm³/mol. The van der Waals surface area contributed by atoms with Crippen LogP contribution in [0.15, 0.2) is 18.2 Å². The monoisotopic (exact) mass is 285 g/mol. The van der Waals surface area contributed by atoms with Crippen molar-refractivity contribution in [3.63, 3.8) is 0 Å². The van der Waals surface area contributed by atoms with Gasteiger partial charge in [0.25, 0.3) is 0 Å². The number of benzene rings is 1. The van der Waals surface area contributed by atoms with Gasteiger partial charge < -0.3 is 10.5 Å². The van der Waals surface area contributed by atoms with E-state index in [2.05, 4.69) is 0 Å². The summed E-state index contributed by atoms with van der Waals surface area (Å²) in [7, 11) is -3.03. The van der Waals surface area contributed by atoms with E-state index in [1.54, 1.807) is 32.0 Å². The van der Waals surface area contributed by atoms with Gasteiger partial charge in [0.2, 0.25) is 0 Å². The molecule has 2 N–H and O–H groups in total. The Morgan fingerprint density at radius 1 is 1.37 bits per heavy atom. The average molecular weight is 285 g/mol. The van der Waals surface area contributed by atoms with Crippen molar-refractivity contribution in [2.45, 2.75) is 26.4 Å². The van der Waals surface area contributed by atoms with E-state index in [0.717, 1.165) is 5.56 Å². The number of sulfone groups is 1. The standard InChI is InChI=1S/C13H19NO4S/c1-9(2)18-13(15)11-8-10(4-5-12(11)14)6-7-19(3,16)17/h4-5,8-9H,6-7,14H2,1-3H3. The molecule has 0 saturated carbocycles. The third-order valence-corrected chi connectivity index (χ3v) is 3.39. The topological polar surface area (TPSA) is 86.5 Å². The Bertz CT molecular complexity index is 564. The third-order valence-electron chi connectivity index (χ3n) is 2.44. The second-order valence-corrected chi connectivity index (χ2v) is 7.02. The molecule has 0 spiro atoms. The molecule has 0 radical (unpaired) electrons. The van der Waals surface area contributed by atoms with Crippen LogP contribution in [0.1, 0.15) is 29.8 Å². The molecule has 0 bridgehead atoms. The number of rotatable bonds is 5. The van der Waals surface area contributed by atoms with Crippen molar-refractivity contribution >= 4 is 21.5 Å². The fourth-order valence-corrected chi connectivity index (χ4v) is 2.12. The van der Waals surface area contributed by atoms with Gasteiger partial charge in [-0.1, -0.05) is 6.07 Å². The van der Waals surface area contributed by atoms with E-state index in [1.165, 1.54) is 6.26 Å². The Labute approximate surface area is 113 Å². The van der Waals surface area contributed by atoms with Gasteiger partial charge in [-0.15, -0.1) is 0 Å². The molecule has 0 amide bonds. The van der Waals surface area contributed by atoms with Gasteiger partial charge in [0.1, 0.15) is 9.84 Å². The van der Waals surface area contributed by atoms with Crippen LogP contribution in [0, 0.1) is 0 Å². The molecule has 0 aliphatic carbocycles. The highest BCUT2D eigenvalue weighted by Crippen LogP contribution is 2.17. The molecule has 0 saturated heterocycles. The van der Waals surface area contributed by atoms with Crippen LogP contribution < -0.4 is 5.73 Å². The van der Waals surface area contributed by atoms with Crippen molar-refractivity contribution < 1.29 is 17.9 Å². The highest BCUT2D eigenvalue weighted by molar-refractivity contribution is 7.90. The maximum absolute atomic E-state index is 11.8. The van der Waals surface area contributed by atoms with E-state index < -0.39 is 15.8 Å². The van der Waals surface area contributed by atoms with Crippen molar-refractivity contribution in [3.8, 4) is 0 Å². The van der Waals surface area contributed by atoms with Crippen LogP contribution >= 0.6 is 0 Å². The Kier molecular flexibility index (Phi) is 4.94. The molecule has 6 heteroatoms. The fraction of sp³-hybridized carbons (Fsp3) is 0.462. The number of carbonyl (C=O) groups is 1. The zero-order valence-corrected chi connectivity index (χ0v) is 12.2. The van der Waals surface area contributed by atoms with E-state index in [-0.39, 0.29) is 17.4 Å². The predicted octanol–water partition coefficient (Wildman–Crippen LogP) is 1.42. The number of ether oxygens (including phenoxy) is 1. The Morgan fingerprint density at radius 3 is 2.53 bits per heavy atom. The average Bonchev–Trinajstić information content (AvgIpc) is 2.25. The molecule has 19 heavy (non-hydrogen) atoms. The number of hydrogen-bond acceptors (Lipinski definition) is 5. The number of nitrogen functional groups attached to an aromatic ring is 1. The maximum atomic E-state index is 11.8. The molecule has 5 nitrogen and oxygen atoms in total. The summed E-state index contributed by atoms with van der Waals surface area (Å²) in [5.41, 5.74) is 7.08. The highest BCUT2D eigenvalue weighted by Gasteiger charge is 2.14. The first kappa shape index (κ1) is 15.5. The van der Waals surface area contributed by atoms with Gasteiger partial charge in [0, 0.05) is 11.9 Å². The van der Waals surface area contributed by atoms with Crippen molar-refractivity contribution in [1.82, 2.24) is 0 Å². The zero-order chi connectivity index (χ0) is 14.6. The van der Waals surface area contributed by atoms with Crippen LogP contribution in [0.25, 0.3) is 0 Å². The van der Waals surface area contributed by atoms with E-state index in [4.69, 9.17) is 10.5 Å². The molecule has 0 aliphatic rings. The van der Waals surface area contributed by atoms with Crippen molar-refractivity contribution in [2.24, 2.45) is 0 Å². The second kappa shape index (κ2) is 6.06. The molecule has 1 rings (SSSR count). The summed E-state index contributed by atoms with van der Waals surface area (Å²) >= 11 is 0. The zero-order valence-electron chi connectivity index (χ0n) is 11.3. The van der Waals surface area contributed by atoms with Crippen molar-refractivity contribution in [3.05, 3.63) is 29.3 Å². The number of carbonyl (C=O) groups excluding carboxylic acids is 1. The molecular weight excluding hydrogens is 266 g/mol. The van der Waals surface area contributed by atoms with E-state index in [1.807, 2.05) is 0 Å². The SMILES string of the molecule is CC(C)OC(=O)c1cc(CCS(C)(=O)=O)ccc1N. The van der Waals surface area contributed by atoms with Crippen molar-refractivity contribution in [1.29, 1.82) is 0 Å². The van der Waals surface area contributed by atoms with Gasteiger partial charge in [0.05, 0.1) is 17.4 Å². The first-order chi connectivity index (χ1) is 8.69. The molecule has 1 aromatic rings. The van der Waals surface area contributed by atoms with Crippen LogP contribution in [-0.4, -0.2) is 32.5 Å². The van der Waals surface area contributed by atoms with Gasteiger partial charge in [0.15, 0.2) is 0 Å². The van der Waals surface area contributed by atoms with Crippen LogP contribution in [0.5, 0.6) is 0 Å². The van der Waals surface area contributed by atoms with Crippen LogP contribution in [0.3, 0.4) is 0 Å². The largest absolute Gasteiger partial charge is 0.459 e. The van der Waals surface area contributed by atoms with Gasteiger partial charge in [-0.25, -0.2) is 13.2 Å². The molecule has 0 fully saturated rings. The number of anilines is 1. The van der Waals surface area contributed by atoms with Gasteiger partial charge in [-0.05, 0) is 38.0 Å². The number of aryl methyl sites for hydroxylation is 1. The molecular formula is C13H19NO4S. The molecule has 1 aromatic carbocycles. The fourth-order valence-electron chi connectivity index (χ4n) is 1.52. The van der Waals surface area contributed by atoms with Gasteiger partial charge in [-0.2, -0.15) is 0 Å². The Morgan fingerprint density at radius 2 is 2.00 bits per heavy atom. The van der Waals surface area contributed by atoms with E-state index in [0.29, 0.717) is 12.1 Å². The minimum Gasteiger partial charge on any atom is -0.459 e. The molecule has 0 aromatic heterocycles. The molecule has 0 heterocycles. The summed E-state index contributed by atoms with van der Waals surface area (Å²) in [6, 6.07) is 4.90. The molecule has 0 unspecified atom stereocenters. The maximum Gasteiger partial charge on any atom is 0.340 e.